The van der Waals surface area contributed by atoms with Gasteiger partial charge in [-0.05, 0) is 17.7 Å². The monoisotopic (exact) mass is 250 g/mol. The Labute approximate surface area is 110 Å². The largest absolute Gasteiger partial charge is 0.419 e. The van der Waals surface area contributed by atoms with Gasteiger partial charge in [-0.15, -0.1) is 0 Å². The molecule has 0 aromatic heterocycles. The predicted octanol–water partition coefficient (Wildman–Crippen LogP) is 3.08. The highest BCUT2D eigenvalue weighted by Crippen LogP contribution is 2.24. The SMILES string of the molecule is O=C1OC(=Cc2ccccc2)C(=O)c2ccccc21. The van der Waals surface area contributed by atoms with Crippen molar-refractivity contribution in [2.24, 2.45) is 0 Å². The second-order valence-electron chi connectivity index (χ2n) is 4.18. The van der Waals surface area contributed by atoms with E-state index in [0.29, 0.717) is 11.1 Å². The lowest BCUT2D eigenvalue weighted by atomic mass is 9.99. The number of ketones is 1. The van der Waals surface area contributed by atoms with Gasteiger partial charge in [0.25, 0.3) is 0 Å². The molecule has 0 radical (unpaired) electrons. The number of benzene rings is 2. The Kier molecular flexibility index (Phi) is 2.72. The lowest BCUT2D eigenvalue weighted by molar-refractivity contribution is 0.0567. The summed E-state index contributed by atoms with van der Waals surface area (Å²) < 4.78 is 5.10. The van der Waals surface area contributed by atoms with Gasteiger partial charge < -0.3 is 4.74 Å². The van der Waals surface area contributed by atoms with Crippen molar-refractivity contribution in [3.63, 3.8) is 0 Å². The van der Waals surface area contributed by atoms with Crippen LogP contribution in [0, 0.1) is 0 Å². The Morgan fingerprint density at radius 3 is 2.16 bits per heavy atom. The van der Waals surface area contributed by atoms with Crippen molar-refractivity contribution in [1.29, 1.82) is 0 Å². The third-order valence-corrected chi connectivity index (χ3v) is 2.92. The molecule has 1 heterocycles. The van der Waals surface area contributed by atoms with Gasteiger partial charge in [0, 0.05) is 5.56 Å². The van der Waals surface area contributed by atoms with Crippen molar-refractivity contribution in [2.45, 2.75) is 0 Å². The number of allylic oxidation sites excluding steroid dienone is 1. The van der Waals surface area contributed by atoms with Crippen molar-refractivity contribution < 1.29 is 14.3 Å². The first-order valence-corrected chi connectivity index (χ1v) is 5.88. The molecule has 0 fully saturated rings. The molecule has 92 valence electrons. The fraction of sp³-hybridized carbons (Fsp3) is 0. The molecule has 0 atom stereocenters. The van der Waals surface area contributed by atoms with Crippen LogP contribution in [0.1, 0.15) is 26.3 Å². The number of hydrogen-bond acceptors (Lipinski definition) is 3. The molecule has 0 saturated heterocycles. The highest BCUT2D eigenvalue weighted by molar-refractivity contribution is 6.19. The maximum Gasteiger partial charge on any atom is 0.344 e. The second kappa shape index (κ2) is 4.53. The van der Waals surface area contributed by atoms with Crippen LogP contribution < -0.4 is 0 Å². The standard InChI is InChI=1S/C16H10O3/c17-15-12-8-4-5-9-13(12)16(18)19-14(15)10-11-6-2-1-3-7-11/h1-10H. The van der Waals surface area contributed by atoms with E-state index in [9.17, 15) is 9.59 Å². The molecule has 0 amide bonds. The van der Waals surface area contributed by atoms with E-state index in [4.69, 9.17) is 4.74 Å². The molecular weight excluding hydrogens is 240 g/mol. The van der Waals surface area contributed by atoms with E-state index in [1.54, 1.807) is 30.3 Å². The summed E-state index contributed by atoms with van der Waals surface area (Å²) >= 11 is 0. The van der Waals surface area contributed by atoms with Crippen molar-refractivity contribution in [2.75, 3.05) is 0 Å². The molecule has 0 bridgehead atoms. The Hall–Kier alpha value is -2.68. The van der Waals surface area contributed by atoms with E-state index in [1.165, 1.54) is 0 Å². The predicted molar refractivity (Wildman–Crippen MR) is 70.6 cm³/mol. The van der Waals surface area contributed by atoms with Gasteiger partial charge in [0.15, 0.2) is 5.76 Å². The number of fused-ring (bicyclic) bond motifs is 1. The summed E-state index contributed by atoms with van der Waals surface area (Å²) in [6, 6.07) is 15.9. The molecule has 1 aliphatic rings. The van der Waals surface area contributed by atoms with Gasteiger partial charge in [-0.1, -0.05) is 48.5 Å². The first-order valence-electron chi connectivity index (χ1n) is 5.88. The second-order valence-corrected chi connectivity index (χ2v) is 4.18. The lowest BCUT2D eigenvalue weighted by Crippen LogP contribution is -2.22. The van der Waals surface area contributed by atoms with Crippen molar-refractivity contribution in [1.82, 2.24) is 0 Å². The summed E-state index contributed by atoms with van der Waals surface area (Å²) in [5.74, 6) is -0.689. The average molecular weight is 250 g/mol. The molecule has 0 spiro atoms. The van der Waals surface area contributed by atoms with Crippen LogP contribution in [0.25, 0.3) is 6.08 Å². The van der Waals surface area contributed by atoms with E-state index in [-0.39, 0.29) is 11.5 Å². The average Bonchev–Trinajstić information content (AvgIpc) is 2.46. The van der Waals surface area contributed by atoms with Gasteiger partial charge >= 0.3 is 5.97 Å². The normalized spacial score (nSPS) is 16.1. The zero-order valence-corrected chi connectivity index (χ0v) is 10.00. The molecule has 0 aliphatic carbocycles. The van der Waals surface area contributed by atoms with Gasteiger partial charge in [-0.25, -0.2) is 4.79 Å². The highest BCUT2D eigenvalue weighted by atomic mass is 16.5. The van der Waals surface area contributed by atoms with Crippen LogP contribution in [0.4, 0.5) is 0 Å². The molecule has 3 heteroatoms. The van der Waals surface area contributed by atoms with Crippen LogP contribution in [0.5, 0.6) is 0 Å². The lowest BCUT2D eigenvalue weighted by Gasteiger charge is -2.16. The van der Waals surface area contributed by atoms with E-state index in [1.807, 2.05) is 30.3 Å². The Morgan fingerprint density at radius 1 is 0.789 bits per heavy atom. The molecule has 0 unspecified atom stereocenters. The summed E-state index contributed by atoms with van der Waals surface area (Å²) in [6.45, 7) is 0. The van der Waals surface area contributed by atoms with Crippen LogP contribution in [-0.4, -0.2) is 11.8 Å². The minimum atomic E-state index is -0.489. The summed E-state index contributed by atoms with van der Waals surface area (Å²) in [5.41, 5.74) is 1.52. The fourth-order valence-corrected chi connectivity index (χ4v) is 1.99. The summed E-state index contributed by atoms with van der Waals surface area (Å²) in [7, 11) is 0. The topological polar surface area (TPSA) is 43.4 Å². The third kappa shape index (κ3) is 2.06. The Morgan fingerprint density at radius 2 is 1.42 bits per heavy atom. The smallest absolute Gasteiger partial charge is 0.344 e. The molecule has 3 rings (SSSR count). The number of esters is 1. The number of ether oxygens (including phenoxy) is 1. The number of Topliss-reactive ketones (excluding diaryl/α,β-unsaturated/α-hetero) is 1. The molecule has 3 nitrogen and oxygen atoms in total. The molecule has 0 N–H and O–H groups in total. The minimum absolute atomic E-state index is 0.0647. The summed E-state index contributed by atoms with van der Waals surface area (Å²) in [4.78, 5) is 24.0. The number of hydrogen-bond donors (Lipinski definition) is 0. The fourth-order valence-electron chi connectivity index (χ4n) is 1.99. The molecule has 0 saturated carbocycles. The molecular formula is C16H10O3. The molecule has 1 aliphatic heterocycles. The van der Waals surface area contributed by atoms with Gasteiger partial charge in [0.2, 0.25) is 5.78 Å². The van der Waals surface area contributed by atoms with Crippen LogP contribution in [0.15, 0.2) is 60.4 Å². The maximum atomic E-state index is 12.2. The zero-order valence-electron chi connectivity index (χ0n) is 10.00. The Bertz CT molecular complexity index is 684. The van der Waals surface area contributed by atoms with Crippen molar-refractivity contribution >= 4 is 17.8 Å². The number of cyclic esters (lactones) is 1. The number of carbonyl (C=O) groups is 2. The minimum Gasteiger partial charge on any atom is -0.419 e. The van der Waals surface area contributed by atoms with Gasteiger partial charge in [0.05, 0.1) is 5.56 Å². The van der Waals surface area contributed by atoms with Crippen LogP contribution in [-0.2, 0) is 4.74 Å². The molecule has 2 aromatic carbocycles. The maximum absolute atomic E-state index is 12.2. The van der Waals surface area contributed by atoms with E-state index < -0.39 is 5.97 Å². The third-order valence-electron chi connectivity index (χ3n) is 2.92. The van der Waals surface area contributed by atoms with E-state index >= 15 is 0 Å². The first-order chi connectivity index (χ1) is 9.25. The van der Waals surface area contributed by atoms with E-state index in [2.05, 4.69) is 0 Å². The molecule has 19 heavy (non-hydrogen) atoms. The summed E-state index contributed by atoms with van der Waals surface area (Å²) in [5, 5.41) is 0. The van der Waals surface area contributed by atoms with Crippen molar-refractivity contribution in [3.8, 4) is 0 Å². The molecule has 2 aromatic rings. The van der Waals surface area contributed by atoms with Gasteiger partial charge in [-0.3, -0.25) is 4.79 Å². The van der Waals surface area contributed by atoms with Crippen molar-refractivity contribution in [3.05, 3.63) is 77.0 Å². The summed E-state index contributed by atoms with van der Waals surface area (Å²) in [6.07, 6.45) is 1.58. The highest BCUT2D eigenvalue weighted by Gasteiger charge is 2.29. The quantitative estimate of drug-likeness (QED) is 0.577. The van der Waals surface area contributed by atoms with Gasteiger partial charge in [0.1, 0.15) is 0 Å². The van der Waals surface area contributed by atoms with E-state index in [0.717, 1.165) is 5.56 Å². The van der Waals surface area contributed by atoms with Crippen LogP contribution >= 0.6 is 0 Å². The number of carbonyl (C=O) groups excluding carboxylic acids is 2. The number of rotatable bonds is 1. The zero-order chi connectivity index (χ0) is 13.2. The van der Waals surface area contributed by atoms with Gasteiger partial charge in [-0.2, -0.15) is 0 Å². The van der Waals surface area contributed by atoms with Crippen LogP contribution in [0.2, 0.25) is 0 Å². The Balaban J connectivity index is 2.06. The first kappa shape index (κ1) is 11.4. The van der Waals surface area contributed by atoms with Crippen LogP contribution in [0.3, 0.4) is 0 Å².